The Labute approximate surface area is 181 Å². The van der Waals surface area contributed by atoms with Crippen molar-refractivity contribution < 1.29 is 13.2 Å². The van der Waals surface area contributed by atoms with Crippen LogP contribution in [0.3, 0.4) is 0 Å². The van der Waals surface area contributed by atoms with Crippen molar-refractivity contribution in [3.8, 4) is 0 Å². The molecule has 1 atom stereocenters. The second-order valence-electron chi connectivity index (χ2n) is 7.82. The fraction of sp³-hybridized carbons (Fsp3) is 0.458. The minimum absolute atomic E-state index is 0.0545. The maximum atomic E-state index is 12.3. The largest absolute Gasteiger partial charge is 0.356 e. The minimum Gasteiger partial charge on any atom is -0.356 e. The van der Waals surface area contributed by atoms with Gasteiger partial charge < -0.3 is 5.32 Å². The lowest BCUT2D eigenvalue weighted by atomic mass is 10.0. The predicted molar refractivity (Wildman–Crippen MR) is 124 cm³/mol. The van der Waals surface area contributed by atoms with E-state index in [2.05, 4.69) is 19.2 Å². The number of hydrogen-bond acceptors (Lipinski definition) is 3. The minimum atomic E-state index is -3.41. The second-order valence-corrected chi connectivity index (χ2v) is 9.73. The zero-order valence-corrected chi connectivity index (χ0v) is 19.1. The molecule has 1 N–H and O–H groups in total. The summed E-state index contributed by atoms with van der Waals surface area (Å²) in [6.45, 7) is 5.08. The molecular weight excluding hydrogens is 396 g/mol. The lowest BCUT2D eigenvalue weighted by molar-refractivity contribution is -0.121. The van der Waals surface area contributed by atoms with Crippen LogP contribution in [0.1, 0.15) is 56.6 Å². The molecule has 0 spiro atoms. The predicted octanol–water partition coefficient (Wildman–Crippen LogP) is 4.50. The van der Waals surface area contributed by atoms with Gasteiger partial charge in [0, 0.05) is 19.5 Å². The molecule has 0 unspecified atom stereocenters. The van der Waals surface area contributed by atoms with E-state index in [1.54, 1.807) is 0 Å². The smallest absolute Gasteiger partial charge is 0.232 e. The van der Waals surface area contributed by atoms with E-state index >= 15 is 0 Å². The zero-order chi connectivity index (χ0) is 22.0. The normalized spacial score (nSPS) is 12.4. The van der Waals surface area contributed by atoms with Crippen LogP contribution in [0.4, 0.5) is 5.69 Å². The molecule has 0 heterocycles. The molecular formula is C24H34N2O3S. The van der Waals surface area contributed by atoms with Gasteiger partial charge in [-0.25, -0.2) is 8.42 Å². The number of amides is 1. The average Bonchev–Trinajstić information content (AvgIpc) is 2.74. The average molecular weight is 431 g/mol. The van der Waals surface area contributed by atoms with Crippen LogP contribution in [0, 0.1) is 0 Å². The van der Waals surface area contributed by atoms with E-state index in [0.29, 0.717) is 25.1 Å². The Balaban J connectivity index is 1.85. The third kappa shape index (κ3) is 7.82. The quantitative estimate of drug-likeness (QED) is 0.539. The first-order valence-corrected chi connectivity index (χ1v) is 12.5. The van der Waals surface area contributed by atoms with Crippen molar-refractivity contribution in [3.05, 3.63) is 65.7 Å². The van der Waals surface area contributed by atoms with Gasteiger partial charge in [0.15, 0.2) is 0 Å². The van der Waals surface area contributed by atoms with E-state index in [1.807, 2.05) is 54.6 Å². The molecule has 5 nitrogen and oxygen atoms in total. The number of benzene rings is 2. The molecule has 0 bridgehead atoms. The fourth-order valence-corrected chi connectivity index (χ4v) is 4.30. The van der Waals surface area contributed by atoms with E-state index in [-0.39, 0.29) is 18.4 Å². The maximum Gasteiger partial charge on any atom is 0.232 e. The number of nitrogens with zero attached hydrogens (tertiary/aromatic N) is 1. The highest BCUT2D eigenvalue weighted by molar-refractivity contribution is 7.92. The second kappa shape index (κ2) is 11.7. The summed E-state index contributed by atoms with van der Waals surface area (Å²) in [6, 6.07) is 17.7. The van der Waals surface area contributed by atoms with Crippen molar-refractivity contribution >= 4 is 21.6 Å². The van der Waals surface area contributed by atoms with Crippen molar-refractivity contribution in [1.82, 2.24) is 5.32 Å². The van der Waals surface area contributed by atoms with Crippen molar-refractivity contribution in [2.24, 2.45) is 0 Å². The third-order valence-corrected chi connectivity index (χ3v) is 6.38. The lowest BCUT2D eigenvalue weighted by Gasteiger charge is -2.22. The molecule has 2 rings (SSSR count). The van der Waals surface area contributed by atoms with E-state index in [1.165, 1.54) is 21.7 Å². The van der Waals surface area contributed by atoms with Gasteiger partial charge in [0.25, 0.3) is 0 Å². The van der Waals surface area contributed by atoms with Crippen LogP contribution in [0.5, 0.6) is 0 Å². The molecule has 0 aromatic heterocycles. The summed E-state index contributed by atoms with van der Waals surface area (Å²) in [5, 5.41) is 2.95. The molecule has 0 aliphatic carbocycles. The number of anilines is 1. The van der Waals surface area contributed by atoms with Crippen LogP contribution in [0.15, 0.2) is 54.6 Å². The SMILES string of the molecule is CCCCc1ccc(N(CCCC(=O)NC[C@H](C)c2ccccc2)S(C)(=O)=O)cc1. The van der Waals surface area contributed by atoms with Crippen molar-refractivity contribution in [1.29, 1.82) is 0 Å². The molecule has 0 aliphatic heterocycles. The molecule has 6 heteroatoms. The third-order valence-electron chi connectivity index (χ3n) is 5.18. The van der Waals surface area contributed by atoms with Crippen molar-refractivity contribution in [2.75, 3.05) is 23.7 Å². The Morgan fingerprint density at radius 3 is 2.30 bits per heavy atom. The number of unbranched alkanes of at least 4 members (excludes halogenated alkanes) is 1. The van der Waals surface area contributed by atoms with Gasteiger partial charge in [-0.2, -0.15) is 0 Å². The van der Waals surface area contributed by atoms with Crippen LogP contribution in [-0.4, -0.2) is 33.7 Å². The highest BCUT2D eigenvalue weighted by atomic mass is 32.2. The number of carbonyl (C=O) groups is 1. The molecule has 0 saturated heterocycles. The fourth-order valence-electron chi connectivity index (χ4n) is 3.33. The Bertz CT molecular complexity index is 880. The van der Waals surface area contributed by atoms with E-state index in [0.717, 1.165) is 19.3 Å². The number of aryl methyl sites for hydroxylation is 1. The summed E-state index contributed by atoms with van der Waals surface area (Å²) in [5.74, 6) is 0.176. The van der Waals surface area contributed by atoms with Gasteiger partial charge in [-0.05, 0) is 48.4 Å². The van der Waals surface area contributed by atoms with E-state index in [9.17, 15) is 13.2 Å². The highest BCUT2D eigenvalue weighted by Crippen LogP contribution is 2.20. The van der Waals surface area contributed by atoms with Crippen molar-refractivity contribution in [3.63, 3.8) is 0 Å². The van der Waals surface area contributed by atoms with Gasteiger partial charge in [-0.1, -0.05) is 62.7 Å². The Morgan fingerprint density at radius 1 is 1.03 bits per heavy atom. The summed E-state index contributed by atoms with van der Waals surface area (Å²) in [6.07, 6.45) is 5.21. The maximum absolute atomic E-state index is 12.3. The summed E-state index contributed by atoms with van der Waals surface area (Å²) in [5.41, 5.74) is 3.04. The monoisotopic (exact) mass is 430 g/mol. The summed E-state index contributed by atoms with van der Waals surface area (Å²) < 4.78 is 25.9. The molecule has 1 amide bonds. The first-order chi connectivity index (χ1) is 14.3. The number of carbonyl (C=O) groups excluding carboxylic acids is 1. The van der Waals surface area contributed by atoms with Gasteiger partial charge in [0.1, 0.15) is 0 Å². The molecule has 0 aliphatic rings. The molecule has 0 saturated carbocycles. The molecule has 2 aromatic carbocycles. The summed E-state index contributed by atoms with van der Waals surface area (Å²) in [7, 11) is -3.41. The van der Waals surface area contributed by atoms with E-state index in [4.69, 9.17) is 0 Å². The highest BCUT2D eigenvalue weighted by Gasteiger charge is 2.17. The Morgan fingerprint density at radius 2 is 1.70 bits per heavy atom. The molecule has 0 fully saturated rings. The lowest BCUT2D eigenvalue weighted by Crippen LogP contribution is -2.32. The van der Waals surface area contributed by atoms with Gasteiger partial charge in [-0.15, -0.1) is 0 Å². The van der Waals surface area contributed by atoms with Gasteiger partial charge in [0.2, 0.25) is 15.9 Å². The standard InChI is InChI=1S/C24H34N2O3S/c1-4-5-10-21-14-16-23(17-15-21)26(30(3,28)29)18-9-13-24(27)25-19-20(2)22-11-7-6-8-12-22/h6-8,11-12,14-17,20H,4-5,9-10,13,18-19H2,1-3H3,(H,25,27)/t20-/m0/s1. The first-order valence-electron chi connectivity index (χ1n) is 10.7. The van der Waals surface area contributed by atoms with E-state index < -0.39 is 10.0 Å². The molecule has 30 heavy (non-hydrogen) atoms. The number of nitrogens with one attached hydrogen (secondary N) is 1. The Kier molecular flexibility index (Phi) is 9.37. The molecule has 2 aromatic rings. The van der Waals surface area contributed by atoms with Crippen LogP contribution in [-0.2, 0) is 21.2 Å². The van der Waals surface area contributed by atoms with Crippen molar-refractivity contribution in [2.45, 2.75) is 51.9 Å². The number of rotatable bonds is 12. The first kappa shape index (κ1) is 23.9. The summed E-state index contributed by atoms with van der Waals surface area (Å²) in [4.78, 5) is 12.2. The Hall–Kier alpha value is -2.34. The van der Waals surface area contributed by atoms with Gasteiger partial charge in [-0.3, -0.25) is 9.10 Å². The topological polar surface area (TPSA) is 66.5 Å². The number of sulfonamides is 1. The van der Waals surface area contributed by atoms with Crippen LogP contribution in [0.2, 0.25) is 0 Å². The van der Waals surface area contributed by atoms with Crippen LogP contribution < -0.4 is 9.62 Å². The van der Waals surface area contributed by atoms with Gasteiger partial charge in [0.05, 0.1) is 11.9 Å². The molecule has 0 radical (unpaired) electrons. The zero-order valence-electron chi connectivity index (χ0n) is 18.3. The van der Waals surface area contributed by atoms with Gasteiger partial charge >= 0.3 is 0 Å². The number of hydrogen-bond donors (Lipinski definition) is 1. The summed E-state index contributed by atoms with van der Waals surface area (Å²) >= 11 is 0. The van der Waals surface area contributed by atoms with Crippen LogP contribution in [0.25, 0.3) is 0 Å². The molecule has 164 valence electrons. The van der Waals surface area contributed by atoms with Crippen LogP contribution >= 0.6 is 0 Å².